The van der Waals surface area contributed by atoms with Crippen LogP contribution in [-0.2, 0) is 4.43 Å². The summed E-state index contributed by atoms with van der Waals surface area (Å²) in [5.41, 5.74) is 1.25. The zero-order valence-corrected chi connectivity index (χ0v) is 16.5. The second-order valence-corrected chi connectivity index (χ2v) is 12.8. The van der Waals surface area contributed by atoms with Crippen LogP contribution < -0.4 is 0 Å². The molecule has 0 aliphatic rings. The third-order valence-corrected chi connectivity index (χ3v) is 9.37. The van der Waals surface area contributed by atoms with Gasteiger partial charge < -0.3 is 4.43 Å². The Labute approximate surface area is 138 Å². The molecule has 0 amide bonds. The topological polar surface area (TPSA) is 9.23 Å². The molecule has 0 aliphatic carbocycles. The molecule has 1 rings (SSSR count). The van der Waals surface area contributed by atoms with Gasteiger partial charge in [-0.25, -0.2) is 0 Å². The van der Waals surface area contributed by atoms with E-state index in [1.807, 2.05) is 0 Å². The highest BCUT2D eigenvalue weighted by Crippen LogP contribution is 2.40. The highest BCUT2D eigenvalue weighted by molar-refractivity contribution is 9.10. The van der Waals surface area contributed by atoms with Crippen molar-refractivity contribution in [3.05, 3.63) is 34.3 Å². The summed E-state index contributed by atoms with van der Waals surface area (Å²) < 4.78 is 7.70. The van der Waals surface area contributed by atoms with Gasteiger partial charge in [-0.05, 0) is 48.7 Å². The minimum Gasteiger partial charge on any atom is -0.410 e. The maximum Gasteiger partial charge on any atom is 0.192 e. The van der Waals surface area contributed by atoms with E-state index < -0.39 is 8.32 Å². The summed E-state index contributed by atoms with van der Waals surface area (Å²) in [4.78, 5) is 0. The van der Waals surface area contributed by atoms with Crippen LogP contribution in [0.15, 0.2) is 28.7 Å². The summed E-state index contributed by atoms with van der Waals surface area (Å²) in [5, 5.41) is 0.224. The van der Waals surface area contributed by atoms with Gasteiger partial charge in [-0.3, -0.25) is 0 Å². The average molecular weight is 378 g/mol. The molecule has 1 aromatic rings. The molecule has 20 heavy (non-hydrogen) atoms. The Hall–Kier alpha value is 0.167. The van der Waals surface area contributed by atoms with Gasteiger partial charge in [0.1, 0.15) is 0 Å². The van der Waals surface area contributed by atoms with Crippen LogP contribution in [0.4, 0.5) is 0 Å². The van der Waals surface area contributed by atoms with Gasteiger partial charge in [-0.1, -0.05) is 48.8 Å². The van der Waals surface area contributed by atoms with Crippen LogP contribution in [-0.4, -0.2) is 14.2 Å². The van der Waals surface area contributed by atoms with E-state index in [9.17, 15) is 0 Å². The highest BCUT2D eigenvalue weighted by atomic mass is 79.9. The summed E-state index contributed by atoms with van der Waals surface area (Å²) >= 11 is 9.35. The van der Waals surface area contributed by atoms with Crippen LogP contribution in [0.5, 0.6) is 0 Å². The van der Waals surface area contributed by atoms with Crippen molar-refractivity contribution >= 4 is 35.8 Å². The Morgan fingerprint density at radius 1 is 1.20 bits per heavy atom. The van der Waals surface area contributed by atoms with Gasteiger partial charge in [-0.15, -0.1) is 11.6 Å². The summed E-state index contributed by atoms with van der Waals surface area (Å²) in [6.07, 6.45) is 2.12. The van der Waals surface area contributed by atoms with E-state index >= 15 is 0 Å². The first-order valence-electron chi connectivity index (χ1n) is 7.16. The smallest absolute Gasteiger partial charge is 0.192 e. The second-order valence-electron chi connectivity index (χ2n) is 6.75. The molecule has 0 aromatic heterocycles. The largest absolute Gasteiger partial charge is 0.410 e. The predicted octanol–water partition coefficient (Wildman–Crippen LogP) is 6.53. The Balaban J connectivity index is 2.92. The molecule has 1 atom stereocenters. The zero-order valence-electron chi connectivity index (χ0n) is 13.2. The van der Waals surface area contributed by atoms with Gasteiger partial charge in [0.15, 0.2) is 8.32 Å². The van der Waals surface area contributed by atoms with Crippen LogP contribution in [0.3, 0.4) is 0 Å². The summed E-state index contributed by atoms with van der Waals surface area (Å²) in [7, 11) is -1.77. The first kappa shape index (κ1) is 18.2. The lowest BCUT2D eigenvalue weighted by molar-refractivity contribution is 0.173. The molecule has 0 N–H and O–H groups in total. The third kappa shape index (κ3) is 5.17. The SMILES string of the molecule is CC(C)(C)[Si](C)(C)OC(CCCCl)c1ccc(Br)cc1. The summed E-state index contributed by atoms with van der Waals surface area (Å²) in [5.74, 6) is 0.688. The molecule has 1 unspecified atom stereocenters. The van der Waals surface area contributed by atoms with Crippen molar-refractivity contribution in [2.75, 3.05) is 5.88 Å². The van der Waals surface area contributed by atoms with Crippen molar-refractivity contribution in [1.82, 2.24) is 0 Å². The fourth-order valence-electron chi connectivity index (χ4n) is 1.77. The van der Waals surface area contributed by atoms with Crippen molar-refractivity contribution < 1.29 is 4.43 Å². The normalized spacial score (nSPS) is 14.3. The standard InChI is InChI=1S/C16H26BrClOSi/c1-16(2,3)20(4,5)19-15(7-6-12-18)13-8-10-14(17)11-9-13/h8-11,15H,6-7,12H2,1-5H3. The first-order valence-corrected chi connectivity index (χ1v) is 11.4. The molecular weight excluding hydrogens is 352 g/mol. The number of hydrogen-bond donors (Lipinski definition) is 0. The molecule has 0 radical (unpaired) electrons. The lowest BCUT2D eigenvalue weighted by Gasteiger charge is -2.39. The molecule has 0 aliphatic heterocycles. The number of halogens is 2. The highest BCUT2D eigenvalue weighted by Gasteiger charge is 2.39. The zero-order chi connectivity index (χ0) is 15.4. The van der Waals surface area contributed by atoms with E-state index in [4.69, 9.17) is 16.0 Å². The number of hydrogen-bond acceptors (Lipinski definition) is 1. The Kier molecular flexibility index (Phi) is 6.77. The second kappa shape index (κ2) is 7.44. The van der Waals surface area contributed by atoms with E-state index in [0.717, 1.165) is 17.3 Å². The van der Waals surface area contributed by atoms with E-state index in [2.05, 4.69) is 74.1 Å². The minimum absolute atomic E-state index is 0.155. The van der Waals surface area contributed by atoms with Crippen LogP contribution in [0.25, 0.3) is 0 Å². The van der Waals surface area contributed by atoms with E-state index in [1.54, 1.807) is 0 Å². The van der Waals surface area contributed by atoms with Crippen LogP contribution in [0.1, 0.15) is 45.3 Å². The number of rotatable bonds is 6. The van der Waals surface area contributed by atoms with Gasteiger partial charge in [0.05, 0.1) is 6.10 Å². The maximum absolute atomic E-state index is 6.60. The van der Waals surface area contributed by atoms with Gasteiger partial charge in [0.25, 0.3) is 0 Å². The lowest BCUT2D eigenvalue weighted by atomic mass is 10.1. The quantitative estimate of drug-likeness (QED) is 0.404. The lowest BCUT2D eigenvalue weighted by Crippen LogP contribution is -2.41. The van der Waals surface area contributed by atoms with Crippen LogP contribution in [0, 0.1) is 0 Å². The van der Waals surface area contributed by atoms with Crippen molar-refractivity contribution in [2.45, 2.75) is 57.8 Å². The summed E-state index contributed by atoms with van der Waals surface area (Å²) in [6, 6.07) is 8.46. The fourth-order valence-corrected chi connectivity index (χ4v) is 3.50. The van der Waals surface area contributed by atoms with Crippen molar-refractivity contribution in [3.8, 4) is 0 Å². The fraction of sp³-hybridized carbons (Fsp3) is 0.625. The van der Waals surface area contributed by atoms with Crippen molar-refractivity contribution in [2.24, 2.45) is 0 Å². The number of benzene rings is 1. The van der Waals surface area contributed by atoms with E-state index in [0.29, 0.717) is 5.88 Å². The van der Waals surface area contributed by atoms with E-state index in [1.165, 1.54) is 5.56 Å². The van der Waals surface area contributed by atoms with Crippen LogP contribution in [0.2, 0.25) is 18.1 Å². The van der Waals surface area contributed by atoms with E-state index in [-0.39, 0.29) is 11.1 Å². The summed E-state index contributed by atoms with van der Waals surface area (Å²) in [6.45, 7) is 11.4. The average Bonchev–Trinajstić information content (AvgIpc) is 2.34. The Bertz CT molecular complexity index is 411. The predicted molar refractivity (Wildman–Crippen MR) is 95.1 cm³/mol. The van der Waals surface area contributed by atoms with Crippen LogP contribution >= 0.6 is 27.5 Å². The molecule has 0 saturated carbocycles. The molecule has 1 nitrogen and oxygen atoms in total. The van der Waals surface area contributed by atoms with Crippen molar-refractivity contribution in [1.29, 1.82) is 0 Å². The minimum atomic E-state index is -1.77. The molecule has 4 heteroatoms. The van der Waals surface area contributed by atoms with Crippen molar-refractivity contribution in [3.63, 3.8) is 0 Å². The molecular formula is C16H26BrClOSi. The van der Waals surface area contributed by atoms with Gasteiger partial charge >= 0.3 is 0 Å². The first-order chi connectivity index (χ1) is 9.17. The molecule has 0 heterocycles. The Morgan fingerprint density at radius 3 is 2.20 bits per heavy atom. The van der Waals surface area contributed by atoms with Gasteiger partial charge in [0.2, 0.25) is 0 Å². The Morgan fingerprint density at radius 2 is 1.75 bits per heavy atom. The monoisotopic (exact) mass is 376 g/mol. The third-order valence-electron chi connectivity index (χ3n) is 4.08. The molecule has 0 bridgehead atoms. The molecule has 114 valence electrons. The molecule has 0 saturated heterocycles. The van der Waals surface area contributed by atoms with Gasteiger partial charge in [-0.2, -0.15) is 0 Å². The number of alkyl halides is 1. The van der Waals surface area contributed by atoms with Gasteiger partial charge in [0, 0.05) is 10.4 Å². The maximum atomic E-state index is 6.60. The molecule has 1 aromatic carbocycles. The molecule has 0 spiro atoms. The molecule has 0 fully saturated rings.